The molecule has 4 bridgehead atoms. The number of hydrogen-bond acceptors (Lipinski definition) is 4. The number of benzene rings is 2. The van der Waals surface area contributed by atoms with Gasteiger partial charge < -0.3 is 15.4 Å². The van der Waals surface area contributed by atoms with Crippen molar-refractivity contribution >= 4 is 22.3 Å². The molecular weight excluding hydrogens is 463 g/mol. The fraction of sp³-hybridized carbons (Fsp3) is 0.483. The van der Waals surface area contributed by atoms with Crippen LogP contribution in [-0.4, -0.2) is 23.7 Å². The van der Waals surface area contributed by atoms with Crippen LogP contribution in [0.1, 0.15) is 49.8 Å². The van der Waals surface area contributed by atoms with Crippen LogP contribution >= 0.6 is 0 Å². The van der Waals surface area contributed by atoms with Gasteiger partial charge in [-0.1, -0.05) is 18.2 Å². The van der Waals surface area contributed by atoms with Crippen molar-refractivity contribution in [3.05, 3.63) is 59.8 Å². The number of para-hydroxylation sites is 1. The van der Waals surface area contributed by atoms with Gasteiger partial charge in [0.15, 0.2) is 0 Å². The Labute approximate surface area is 209 Å². The first-order valence-corrected chi connectivity index (χ1v) is 13.0. The van der Waals surface area contributed by atoms with E-state index in [1.165, 1.54) is 32.1 Å². The van der Waals surface area contributed by atoms with Crippen LogP contribution in [0.4, 0.5) is 24.5 Å². The Morgan fingerprint density at radius 3 is 2.56 bits per heavy atom. The molecule has 2 atom stereocenters. The first-order chi connectivity index (χ1) is 17.3. The molecule has 190 valence electrons. The molecule has 2 unspecified atom stereocenters. The first kappa shape index (κ1) is 23.6. The van der Waals surface area contributed by atoms with E-state index in [4.69, 9.17) is 4.74 Å². The third-order valence-electron chi connectivity index (χ3n) is 8.37. The van der Waals surface area contributed by atoms with Gasteiger partial charge in [0, 0.05) is 34.1 Å². The number of alkyl halides is 3. The molecule has 0 saturated heterocycles. The molecule has 3 aromatic rings. The molecule has 4 fully saturated rings. The average Bonchev–Trinajstić information content (AvgIpc) is 3.24. The topological polar surface area (TPSA) is 46.2 Å². The molecule has 0 radical (unpaired) electrons. The van der Waals surface area contributed by atoms with Gasteiger partial charge in [0.1, 0.15) is 5.75 Å². The number of anilines is 2. The number of pyridine rings is 1. The van der Waals surface area contributed by atoms with Gasteiger partial charge in [-0.2, -0.15) is 13.2 Å². The van der Waals surface area contributed by atoms with Crippen molar-refractivity contribution in [1.82, 2.24) is 10.3 Å². The molecule has 4 aliphatic rings. The third-order valence-corrected chi connectivity index (χ3v) is 8.37. The van der Waals surface area contributed by atoms with Crippen LogP contribution in [0.2, 0.25) is 0 Å². The molecule has 1 heterocycles. The molecule has 4 nitrogen and oxygen atoms in total. The summed E-state index contributed by atoms with van der Waals surface area (Å²) in [5.41, 5.74) is 2.20. The van der Waals surface area contributed by atoms with Gasteiger partial charge in [-0.15, -0.1) is 0 Å². The molecule has 2 N–H and O–H groups in total. The third kappa shape index (κ3) is 4.65. The summed E-state index contributed by atoms with van der Waals surface area (Å²) in [6.07, 6.45) is 2.99. The van der Waals surface area contributed by atoms with Crippen LogP contribution in [0.25, 0.3) is 10.9 Å². The summed E-state index contributed by atoms with van der Waals surface area (Å²) < 4.78 is 46.8. The van der Waals surface area contributed by atoms with Gasteiger partial charge in [-0.05, 0) is 94.0 Å². The van der Waals surface area contributed by atoms with Crippen LogP contribution in [0.15, 0.2) is 48.5 Å². The summed E-state index contributed by atoms with van der Waals surface area (Å²) in [5, 5.41) is 7.83. The molecule has 7 rings (SSSR count). The maximum Gasteiger partial charge on any atom is 0.416 e. The van der Waals surface area contributed by atoms with Crippen molar-refractivity contribution in [2.75, 3.05) is 18.5 Å². The molecular formula is C29H32F3N3O. The number of nitrogens with one attached hydrogen (secondary N) is 2. The molecule has 4 saturated carbocycles. The number of ether oxygens (including phenoxy) is 1. The molecule has 4 aliphatic carbocycles. The minimum atomic E-state index is -4.46. The van der Waals surface area contributed by atoms with Crippen LogP contribution in [0, 0.1) is 24.7 Å². The SMILES string of the molecule is Cc1cc(Nc2cc(OCCCNC34CC5CC(C3)C(C5)C4)cc(C(F)(F)F)c2)c2ccccc2n1. The summed E-state index contributed by atoms with van der Waals surface area (Å²) in [4.78, 5) is 4.51. The number of halogens is 3. The normalized spacial score (nSPS) is 26.6. The van der Waals surface area contributed by atoms with E-state index < -0.39 is 11.7 Å². The van der Waals surface area contributed by atoms with Gasteiger partial charge in [-0.3, -0.25) is 4.98 Å². The summed E-state index contributed by atoms with van der Waals surface area (Å²) >= 11 is 0. The lowest BCUT2D eigenvalue weighted by Crippen LogP contribution is -2.48. The predicted octanol–water partition coefficient (Wildman–Crippen LogP) is 7.24. The van der Waals surface area contributed by atoms with Crippen LogP contribution < -0.4 is 15.4 Å². The highest BCUT2D eigenvalue weighted by Crippen LogP contribution is 2.59. The number of rotatable bonds is 8. The molecule has 0 spiro atoms. The minimum absolute atomic E-state index is 0.223. The van der Waals surface area contributed by atoms with E-state index >= 15 is 0 Å². The maximum atomic E-state index is 13.7. The first-order valence-electron chi connectivity index (χ1n) is 13.0. The molecule has 0 aliphatic heterocycles. The second kappa shape index (κ2) is 8.94. The maximum absolute atomic E-state index is 13.7. The number of fused-ring (bicyclic) bond motifs is 1. The van der Waals surface area contributed by atoms with E-state index in [2.05, 4.69) is 15.6 Å². The molecule has 7 heteroatoms. The Bertz CT molecular complexity index is 1250. The zero-order valence-corrected chi connectivity index (χ0v) is 20.5. The standard InChI is InChI=1S/C29H32F3N3O/c1-18-9-27(25-5-2-3-6-26(25)34-18)35-23-12-22(29(30,31)32)13-24(14-23)36-8-4-7-33-28-15-19-10-20(16-28)21(11-19)17-28/h2-3,5-6,9,12-14,19-21,33H,4,7-8,10-11,15-17H2,1H3,(H,34,35). The predicted molar refractivity (Wildman–Crippen MR) is 136 cm³/mol. The number of nitrogens with zero attached hydrogens (tertiary/aromatic N) is 1. The second-order valence-corrected chi connectivity index (χ2v) is 11.1. The minimum Gasteiger partial charge on any atom is -0.493 e. The van der Waals surface area contributed by atoms with Crippen molar-refractivity contribution < 1.29 is 17.9 Å². The van der Waals surface area contributed by atoms with E-state index in [-0.39, 0.29) is 5.75 Å². The Morgan fingerprint density at radius 2 is 1.81 bits per heavy atom. The highest BCUT2D eigenvalue weighted by Gasteiger charge is 2.55. The van der Waals surface area contributed by atoms with E-state index in [0.29, 0.717) is 23.5 Å². The molecule has 2 aromatic carbocycles. The molecule has 1 aromatic heterocycles. The van der Waals surface area contributed by atoms with E-state index in [9.17, 15) is 13.2 Å². The van der Waals surface area contributed by atoms with Crippen LogP contribution in [-0.2, 0) is 6.18 Å². The largest absolute Gasteiger partial charge is 0.493 e. The van der Waals surface area contributed by atoms with Gasteiger partial charge >= 0.3 is 6.18 Å². The second-order valence-electron chi connectivity index (χ2n) is 11.1. The summed E-state index contributed by atoms with van der Waals surface area (Å²) in [6, 6.07) is 13.3. The Morgan fingerprint density at radius 1 is 1.03 bits per heavy atom. The zero-order valence-electron chi connectivity index (χ0n) is 20.5. The fourth-order valence-electron chi connectivity index (χ4n) is 7.13. The highest BCUT2D eigenvalue weighted by molar-refractivity contribution is 5.93. The monoisotopic (exact) mass is 495 g/mol. The number of hydrogen-bond donors (Lipinski definition) is 2. The summed E-state index contributed by atoms with van der Waals surface area (Å²) in [6.45, 7) is 3.07. The van der Waals surface area contributed by atoms with Crippen molar-refractivity contribution in [3.63, 3.8) is 0 Å². The quantitative estimate of drug-likeness (QED) is 0.323. The van der Waals surface area contributed by atoms with Crippen molar-refractivity contribution in [3.8, 4) is 5.75 Å². The van der Waals surface area contributed by atoms with Crippen molar-refractivity contribution in [1.29, 1.82) is 0 Å². The van der Waals surface area contributed by atoms with Crippen molar-refractivity contribution in [2.24, 2.45) is 17.8 Å². The molecule has 0 amide bonds. The lowest BCUT2D eigenvalue weighted by atomic mass is 9.76. The van der Waals surface area contributed by atoms with Crippen LogP contribution in [0.5, 0.6) is 5.75 Å². The average molecular weight is 496 g/mol. The zero-order chi connectivity index (χ0) is 24.9. The lowest BCUT2D eigenvalue weighted by Gasteiger charge is -2.39. The Balaban J connectivity index is 1.13. The van der Waals surface area contributed by atoms with Gasteiger partial charge in [0.25, 0.3) is 0 Å². The van der Waals surface area contributed by atoms with Gasteiger partial charge in [0.05, 0.1) is 17.7 Å². The lowest BCUT2D eigenvalue weighted by molar-refractivity contribution is -0.137. The number of aryl methyl sites for hydroxylation is 1. The van der Waals surface area contributed by atoms with Gasteiger partial charge in [0.2, 0.25) is 0 Å². The van der Waals surface area contributed by atoms with E-state index in [0.717, 1.165) is 59.4 Å². The smallest absolute Gasteiger partial charge is 0.416 e. The number of aromatic nitrogens is 1. The molecule has 36 heavy (non-hydrogen) atoms. The fourth-order valence-corrected chi connectivity index (χ4v) is 7.13. The van der Waals surface area contributed by atoms with E-state index in [1.54, 1.807) is 6.07 Å². The summed E-state index contributed by atoms with van der Waals surface area (Å²) in [7, 11) is 0. The van der Waals surface area contributed by atoms with Gasteiger partial charge in [-0.25, -0.2) is 0 Å². The highest BCUT2D eigenvalue weighted by atomic mass is 19.4. The Kier molecular flexibility index (Phi) is 5.86. The van der Waals surface area contributed by atoms with Crippen molar-refractivity contribution in [2.45, 2.75) is 57.2 Å². The Hall–Kier alpha value is -2.80. The van der Waals surface area contributed by atoms with Crippen LogP contribution in [0.3, 0.4) is 0 Å². The van der Waals surface area contributed by atoms with E-state index in [1.807, 2.05) is 37.3 Å². The summed E-state index contributed by atoms with van der Waals surface area (Å²) in [5.74, 6) is 2.93.